The van der Waals surface area contributed by atoms with Gasteiger partial charge in [0, 0.05) is 18.0 Å². The number of hydrogen-bond acceptors (Lipinski definition) is 5. The molecule has 84 valence electrons. The molecule has 0 saturated carbocycles. The van der Waals surface area contributed by atoms with Gasteiger partial charge in [0.05, 0.1) is 0 Å². The molecule has 2 rings (SSSR count). The summed E-state index contributed by atoms with van der Waals surface area (Å²) in [4.78, 5) is 11.5. The molecule has 1 aromatic heterocycles. The standard InChI is InChI=1S/C8H12N4OS.ClH/c13-8(7-5-14-12-11-7)10-6-2-1-3-9-4-6;/h5-6,9H,1-4H2,(H,10,13);1H/t6-;/m0./s1. The van der Waals surface area contributed by atoms with Crippen LogP contribution in [0.25, 0.3) is 0 Å². The van der Waals surface area contributed by atoms with Crippen LogP contribution in [0.15, 0.2) is 5.38 Å². The topological polar surface area (TPSA) is 66.9 Å². The third-order valence-electron chi connectivity index (χ3n) is 2.22. The molecule has 0 aliphatic carbocycles. The zero-order valence-corrected chi connectivity index (χ0v) is 9.74. The van der Waals surface area contributed by atoms with Gasteiger partial charge in [-0.1, -0.05) is 4.49 Å². The van der Waals surface area contributed by atoms with Crippen molar-refractivity contribution in [1.29, 1.82) is 0 Å². The van der Waals surface area contributed by atoms with Crippen LogP contribution in [0.3, 0.4) is 0 Å². The van der Waals surface area contributed by atoms with Crippen LogP contribution in [0.2, 0.25) is 0 Å². The van der Waals surface area contributed by atoms with E-state index in [0.717, 1.165) is 25.9 Å². The molecule has 0 radical (unpaired) electrons. The van der Waals surface area contributed by atoms with Crippen molar-refractivity contribution in [2.75, 3.05) is 13.1 Å². The highest BCUT2D eigenvalue weighted by Crippen LogP contribution is 2.03. The zero-order chi connectivity index (χ0) is 9.80. The van der Waals surface area contributed by atoms with Gasteiger partial charge in [-0.3, -0.25) is 4.79 Å². The highest BCUT2D eigenvalue weighted by atomic mass is 35.5. The second-order valence-electron chi connectivity index (χ2n) is 3.31. The van der Waals surface area contributed by atoms with E-state index in [9.17, 15) is 4.79 Å². The first-order valence-corrected chi connectivity index (χ1v) is 5.48. The van der Waals surface area contributed by atoms with Crippen LogP contribution in [0, 0.1) is 0 Å². The molecule has 7 heteroatoms. The highest BCUT2D eigenvalue weighted by molar-refractivity contribution is 7.03. The highest BCUT2D eigenvalue weighted by Gasteiger charge is 2.17. The summed E-state index contributed by atoms with van der Waals surface area (Å²) in [5, 5.41) is 11.5. The fourth-order valence-corrected chi connectivity index (χ4v) is 1.93. The Morgan fingerprint density at radius 1 is 1.67 bits per heavy atom. The number of amides is 1. The minimum Gasteiger partial charge on any atom is -0.347 e. The first kappa shape index (κ1) is 12.4. The van der Waals surface area contributed by atoms with Gasteiger partial charge >= 0.3 is 0 Å². The van der Waals surface area contributed by atoms with Gasteiger partial charge in [-0.15, -0.1) is 17.5 Å². The molecular weight excluding hydrogens is 236 g/mol. The predicted molar refractivity (Wildman–Crippen MR) is 60.5 cm³/mol. The molecule has 1 aliphatic heterocycles. The summed E-state index contributed by atoms with van der Waals surface area (Å²) in [6, 6.07) is 0.234. The van der Waals surface area contributed by atoms with E-state index in [4.69, 9.17) is 0 Å². The maximum atomic E-state index is 11.5. The Bertz CT molecular complexity index is 300. The van der Waals surface area contributed by atoms with Gasteiger partial charge in [-0.2, -0.15) is 0 Å². The summed E-state index contributed by atoms with van der Waals surface area (Å²) in [5.41, 5.74) is 0.417. The first-order chi connectivity index (χ1) is 6.86. The molecule has 1 aromatic rings. The summed E-state index contributed by atoms with van der Waals surface area (Å²) in [5.74, 6) is -0.118. The largest absolute Gasteiger partial charge is 0.347 e. The maximum Gasteiger partial charge on any atom is 0.272 e. The molecule has 0 unspecified atom stereocenters. The van der Waals surface area contributed by atoms with Crippen molar-refractivity contribution in [2.45, 2.75) is 18.9 Å². The van der Waals surface area contributed by atoms with Crippen LogP contribution in [-0.4, -0.2) is 34.6 Å². The molecular formula is C8H13ClN4OS. The summed E-state index contributed by atoms with van der Waals surface area (Å²) >= 11 is 1.19. The average Bonchev–Trinajstić information content (AvgIpc) is 2.72. The molecule has 1 saturated heterocycles. The second kappa shape index (κ2) is 5.99. The molecule has 0 bridgehead atoms. The molecule has 2 heterocycles. The van der Waals surface area contributed by atoms with Crippen molar-refractivity contribution in [2.24, 2.45) is 0 Å². The van der Waals surface area contributed by atoms with Crippen molar-refractivity contribution in [3.05, 3.63) is 11.1 Å². The van der Waals surface area contributed by atoms with Gasteiger partial charge in [0.15, 0.2) is 5.69 Å². The normalized spacial score (nSPS) is 20.4. The van der Waals surface area contributed by atoms with Crippen molar-refractivity contribution >= 4 is 29.8 Å². The number of carbonyl (C=O) groups is 1. The van der Waals surface area contributed by atoms with Gasteiger partial charge in [0.1, 0.15) is 0 Å². The Hall–Kier alpha value is -0.720. The van der Waals surface area contributed by atoms with Gasteiger partial charge in [-0.05, 0) is 30.9 Å². The molecule has 1 amide bonds. The lowest BCUT2D eigenvalue weighted by atomic mass is 10.1. The number of rotatable bonds is 2. The predicted octanol–water partition coefficient (Wildman–Crippen LogP) is 0.442. The van der Waals surface area contributed by atoms with Gasteiger partial charge in [0.2, 0.25) is 0 Å². The average molecular weight is 249 g/mol. The summed E-state index contributed by atoms with van der Waals surface area (Å²) in [7, 11) is 0. The van der Waals surface area contributed by atoms with Crippen LogP contribution in [0.1, 0.15) is 23.3 Å². The number of hydrogen-bond donors (Lipinski definition) is 2. The Kier molecular flexibility index (Phi) is 4.93. The summed E-state index contributed by atoms with van der Waals surface area (Å²) in [6.07, 6.45) is 2.15. The van der Waals surface area contributed by atoms with Crippen LogP contribution in [-0.2, 0) is 0 Å². The van der Waals surface area contributed by atoms with E-state index in [-0.39, 0.29) is 24.4 Å². The number of halogens is 1. The van der Waals surface area contributed by atoms with E-state index < -0.39 is 0 Å². The summed E-state index contributed by atoms with van der Waals surface area (Å²) < 4.78 is 3.65. The van der Waals surface area contributed by atoms with E-state index in [1.807, 2.05) is 0 Å². The van der Waals surface area contributed by atoms with Gasteiger partial charge in [0.25, 0.3) is 5.91 Å². The van der Waals surface area contributed by atoms with E-state index in [1.54, 1.807) is 5.38 Å². The van der Waals surface area contributed by atoms with Crippen molar-refractivity contribution in [1.82, 2.24) is 20.2 Å². The molecule has 0 spiro atoms. The number of piperidine rings is 1. The molecule has 5 nitrogen and oxygen atoms in total. The quantitative estimate of drug-likeness (QED) is 0.797. The molecule has 1 atom stereocenters. The smallest absolute Gasteiger partial charge is 0.272 e. The summed E-state index contributed by atoms with van der Waals surface area (Å²) in [6.45, 7) is 1.90. The van der Waals surface area contributed by atoms with E-state index in [1.165, 1.54) is 11.5 Å². The van der Waals surface area contributed by atoms with Crippen molar-refractivity contribution in [3.8, 4) is 0 Å². The molecule has 2 N–H and O–H groups in total. The Morgan fingerprint density at radius 2 is 2.53 bits per heavy atom. The fraction of sp³-hybridized carbons (Fsp3) is 0.625. The van der Waals surface area contributed by atoms with Gasteiger partial charge in [-0.25, -0.2) is 0 Å². The molecule has 1 aliphatic rings. The number of nitrogens with zero attached hydrogens (tertiary/aromatic N) is 2. The lowest BCUT2D eigenvalue weighted by Gasteiger charge is -2.23. The Morgan fingerprint density at radius 3 is 3.13 bits per heavy atom. The lowest BCUT2D eigenvalue weighted by molar-refractivity contribution is 0.0925. The van der Waals surface area contributed by atoms with Crippen molar-refractivity contribution < 1.29 is 4.79 Å². The molecule has 1 fully saturated rings. The van der Waals surface area contributed by atoms with E-state index in [0.29, 0.717) is 5.69 Å². The molecule has 15 heavy (non-hydrogen) atoms. The third kappa shape index (κ3) is 3.40. The van der Waals surface area contributed by atoms with E-state index >= 15 is 0 Å². The maximum absolute atomic E-state index is 11.5. The van der Waals surface area contributed by atoms with E-state index in [2.05, 4.69) is 20.2 Å². The zero-order valence-electron chi connectivity index (χ0n) is 8.10. The molecule has 0 aromatic carbocycles. The van der Waals surface area contributed by atoms with Crippen LogP contribution in [0.4, 0.5) is 0 Å². The lowest BCUT2D eigenvalue weighted by Crippen LogP contribution is -2.45. The van der Waals surface area contributed by atoms with Crippen LogP contribution >= 0.6 is 23.9 Å². The number of aromatic nitrogens is 2. The fourth-order valence-electron chi connectivity index (χ4n) is 1.50. The van der Waals surface area contributed by atoms with Crippen molar-refractivity contribution in [3.63, 3.8) is 0 Å². The Labute approximate surface area is 98.2 Å². The first-order valence-electron chi connectivity index (χ1n) is 4.65. The minimum absolute atomic E-state index is 0. The van der Waals surface area contributed by atoms with Gasteiger partial charge < -0.3 is 10.6 Å². The van der Waals surface area contributed by atoms with Crippen LogP contribution < -0.4 is 10.6 Å². The number of nitrogens with one attached hydrogen (secondary N) is 2. The second-order valence-corrected chi connectivity index (χ2v) is 3.92. The minimum atomic E-state index is -0.118. The third-order valence-corrected chi connectivity index (χ3v) is 2.73. The van der Waals surface area contributed by atoms with Crippen LogP contribution in [0.5, 0.6) is 0 Å². The Balaban J connectivity index is 0.00000112. The number of carbonyl (C=O) groups excluding carboxylic acids is 1. The monoisotopic (exact) mass is 248 g/mol. The SMILES string of the molecule is Cl.O=C(N[C@H]1CCCNC1)c1csnn1.